The minimum Gasteiger partial charge on any atom is -0.352 e. The van der Waals surface area contributed by atoms with Crippen LogP contribution in [0.25, 0.3) is 38.8 Å². The summed E-state index contributed by atoms with van der Waals surface area (Å²) in [6.45, 7) is 8.08. The number of hydrogen-bond acceptors (Lipinski definition) is 3. The predicted molar refractivity (Wildman–Crippen MR) is 138 cm³/mol. The van der Waals surface area contributed by atoms with E-state index < -0.39 is 0 Å². The maximum Gasteiger partial charge on any atom is 0.116 e. The van der Waals surface area contributed by atoms with E-state index in [1.165, 1.54) is 42.4 Å². The van der Waals surface area contributed by atoms with Gasteiger partial charge in [-0.1, -0.05) is 43.7 Å². The summed E-state index contributed by atoms with van der Waals surface area (Å²) < 4.78 is 0. The molecule has 3 N–H and O–H groups in total. The van der Waals surface area contributed by atoms with Crippen molar-refractivity contribution >= 4 is 27.4 Å². The number of nitrogens with zero attached hydrogens (tertiary/aromatic N) is 2. The summed E-state index contributed by atoms with van der Waals surface area (Å²) in [5.74, 6) is 0.833. The van der Waals surface area contributed by atoms with Gasteiger partial charge in [-0.15, -0.1) is 0 Å². The highest BCUT2D eigenvalue weighted by molar-refractivity contribution is 5.97. The van der Waals surface area contributed by atoms with Crippen molar-refractivity contribution in [2.75, 3.05) is 13.1 Å². The fourth-order valence-corrected chi connectivity index (χ4v) is 4.85. The molecule has 0 aliphatic heterocycles. The minimum atomic E-state index is 0.833. The van der Waals surface area contributed by atoms with Crippen molar-refractivity contribution in [2.45, 2.75) is 32.6 Å². The van der Waals surface area contributed by atoms with Gasteiger partial charge in [0.15, 0.2) is 0 Å². The van der Waals surface area contributed by atoms with Crippen LogP contribution in [0.5, 0.6) is 0 Å². The van der Waals surface area contributed by atoms with Gasteiger partial charge < -0.3 is 10.3 Å². The van der Waals surface area contributed by atoms with E-state index >= 15 is 0 Å². The Kier molecular flexibility index (Phi) is 6.22. The maximum atomic E-state index is 4.60. The molecule has 0 spiro atoms. The van der Waals surface area contributed by atoms with Gasteiger partial charge in [-0.25, -0.2) is 0 Å². The SMILES string of the molecule is C=C/C(=C\C(=C/C)c1ccc2[nH]nc(-c3cc4ccncc4[nH]3)c2c1)CNCC1CCCC1. The lowest BCUT2D eigenvalue weighted by molar-refractivity contribution is 0.503. The molecular formula is C28H31N5. The Hall–Kier alpha value is -3.44. The van der Waals surface area contributed by atoms with Crippen LogP contribution in [-0.4, -0.2) is 33.3 Å². The van der Waals surface area contributed by atoms with Crippen molar-refractivity contribution in [3.63, 3.8) is 0 Å². The Labute approximate surface area is 194 Å². The zero-order valence-corrected chi connectivity index (χ0v) is 19.2. The number of rotatable bonds is 8. The summed E-state index contributed by atoms with van der Waals surface area (Å²) in [5, 5.41) is 13.6. The molecule has 0 bridgehead atoms. The van der Waals surface area contributed by atoms with Gasteiger partial charge in [0, 0.05) is 23.5 Å². The lowest BCUT2D eigenvalue weighted by atomic mass is 10.00. The molecule has 1 aromatic carbocycles. The number of H-pyrrole nitrogens is 2. The smallest absolute Gasteiger partial charge is 0.116 e. The normalized spacial score (nSPS) is 15.7. The Morgan fingerprint density at radius 3 is 2.85 bits per heavy atom. The lowest BCUT2D eigenvalue weighted by Crippen LogP contribution is -2.23. The van der Waals surface area contributed by atoms with Gasteiger partial charge in [0.1, 0.15) is 5.69 Å². The second kappa shape index (κ2) is 9.59. The third-order valence-electron chi connectivity index (χ3n) is 6.73. The highest BCUT2D eigenvalue weighted by Gasteiger charge is 2.15. The summed E-state index contributed by atoms with van der Waals surface area (Å²) >= 11 is 0. The van der Waals surface area contributed by atoms with Gasteiger partial charge in [-0.2, -0.15) is 5.10 Å². The lowest BCUT2D eigenvalue weighted by Gasteiger charge is -2.12. The van der Waals surface area contributed by atoms with Crippen LogP contribution in [0.4, 0.5) is 0 Å². The van der Waals surface area contributed by atoms with Crippen molar-refractivity contribution in [3.05, 3.63) is 78.7 Å². The Morgan fingerprint density at radius 2 is 2.06 bits per heavy atom. The number of aromatic nitrogens is 4. The molecule has 4 aromatic rings. The molecule has 168 valence electrons. The average molecular weight is 438 g/mol. The minimum absolute atomic E-state index is 0.833. The van der Waals surface area contributed by atoms with Crippen molar-refractivity contribution < 1.29 is 0 Å². The molecule has 0 amide bonds. The summed E-state index contributed by atoms with van der Waals surface area (Å²) in [6, 6.07) is 10.6. The van der Waals surface area contributed by atoms with Gasteiger partial charge in [0.05, 0.1) is 22.9 Å². The molecule has 1 aliphatic carbocycles. The fraction of sp³-hybridized carbons (Fsp3) is 0.286. The average Bonchev–Trinajstić information content (AvgIpc) is 3.60. The zero-order valence-electron chi connectivity index (χ0n) is 19.2. The van der Waals surface area contributed by atoms with Crippen molar-refractivity contribution in [3.8, 4) is 11.4 Å². The second-order valence-corrected chi connectivity index (χ2v) is 8.93. The Morgan fingerprint density at radius 1 is 1.18 bits per heavy atom. The molecule has 0 radical (unpaired) electrons. The van der Waals surface area contributed by atoms with Gasteiger partial charge >= 0.3 is 0 Å². The van der Waals surface area contributed by atoms with E-state index in [4.69, 9.17) is 0 Å². The van der Waals surface area contributed by atoms with Crippen LogP contribution in [0.3, 0.4) is 0 Å². The van der Waals surface area contributed by atoms with Crippen LogP contribution < -0.4 is 5.32 Å². The largest absolute Gasteiger partial charge is 0.352 e. The van der Waals surface area contributed by atoms with E-state index in [0.29, 0.717) is 0 Å². The molecule has 3 heterocycles. The zero-order chi connectivity index (χ0) is 22.6. The highest BCUT2D eigenvalue weighted by atomic mass is 15.1. The van der Waals surface area contributed by atoms with E-state index in [9.17, 15) is 0 Å². The number of fused-ring (bicyclic) bond motifs is 2. The molecule has 5 rings (SSSR count). The Bertz CT molecular complexity index is 1300. The molecule has 1 saturated carbocycles. The first-order valence-corrected chi connectivity index (χ1v) is 11.9. The number of nitrogens with one attached hydrogen (secondary N) is 3. The number of benzene rings is 1. The van der Waals surface area contributed by atoms with Crippen molar-refractivity contribution in [2.24, 2.45) is 5.92 Å². The third kappa shape index (κ3) is 4.55. The summed E-state index contributed by atoms with van der Waals surface area (Å²) in [7, 11) is 0. The quantitative estimate of drug-likeness (QED) is 0.279. The van der Waals surface area contributed by atoms with E-state index in [1.54, 1.807) is 0 Å². The van der Waals surface area contributed by atoms with Crippen molar-refractivity contribution in [1.82, 2.24) is 25.5 Å². The van der Waals surface area contributed by atoms with Crippen LogP contribution in [0, 0.1) is 5.92 Å². The third-order valence-corrected chi connectivity index (χ3v) is 6.73. The van der Waals surface area contributed by atoms with Crippen LogP contribution in [-0.2, 0) is 0 Å². The first-order chi connectivity index (χ1) is 16.2. The van der Waals surface area contributed by atoms with Crippen LogP contribution >= 0.6 is 0 Å². The predicted octanol–water partition coefficient (Wildman–Crippen LogP) is 6.40. The number of hydrogen-bond donors (Lipinski definition) is 3. The Balaban J connectivity index is 1.41. The molecule has 1 fully saturated rings. The molecule has 1 aliphatic rings. The second-order valence-electron chi connectivity index (χ2n) is 8.93. The van der Waals surface area contributed by atoms with Crippen LogP contribution in [0.15, 0.2) is 73.1 Å². The van der Waals surface area contributed by atoms with Gasteiger partial charge in [-0.05, 0) is 73.2 Å². The molecule has 0 unspecified atom stereocenters. The monoisotopic (exact) mass is 437 g/mol. The molecule has 5 heteroatoms. The van der Waals surface area contributed by atoms with E-state index in [2.05, 4.69) is 75.4 Å². The molecular weight excluding hydrogens is 406 g/mol. The summed E-state index contributed by atoms with van der Waals surface area (Å²) in [4.78, 5) is 7.66. The first-order valence-electron chi connectivity index (χ1n) is 11.9. The molecule has 0 atom stereocenters. The molecule has 5 nitrogen and oxygen atoms in total. The fourth-order valence-electron chi connectivity index (χ4n) is 4.85. The van der Waals surface area contributed by atoms with E-state index in [1.807, 2.05) is 24.5 Å². The number of allylic oxidation sites excluding steroid dienone is 3. The van der Waals surface area contributed by atoms with Crippen molar-refractivity contribution in [1.29, 1.82) is 0 Å². The van der Waals surface area contributed by atoms with E-state index in [-0.39, 0.29) is 0 Å². The molecule has 0 saturated heterocycles. The summed E-state index contributed by atoms with van der Waals surface area (Å²) in [6.07, 6.45) is 15.5. The number of aromatic amines is 2. The maximum absolute atomic E-state index is 4.60. The molecule has 33 heavy (non-hydrogen) atoms. The van der Waals surface area contributed by atoms with E-state index in [0.717, 1.165) is 52.2 Å². The summed E-state index contributed by atoms with van der Waals surface area (Å²) in [5.41, 5.74) is 7.50. The topological polar surface area (TPSA) is 69.4 Å². The van der Waals surface area contributed by atoms with Gasteiger partial charge in [0.25, 0.3) is 0 Å². The van der Waals surface area contributed by atoms with Gasteiger partial charge in [0.2, 0.25) is 0 Å². The van der Waals surface area contributed by atoms with Crippen LogP contribution in [0.2, 0.25) is 0 Å². The highest BCUT2D eigenvalue weighted by Crippen LogP contribution is 2.31. The molecule has 3 aromatic heterocycles. The standard InChI is InChI=1S/C28H31N5/c1-3-19(16-30-17-20-7-5-6-8-20)13-21(4-2)22-9-10-25-24(14-22)28(33-32-25)26-15-23-11-12-29-18-27(23)31-26/h3-4,9-15,18,20,30-31H,1,5-8,16-17H2,2H3,(H,32,33)/b19-13+,21-4+. The van der Waals surface area contributed by atoms with Crippen LogP contribution in [0.1, 0.15) is 38.2 Å². The number of pyridine rings is 1. The first kappa shape index (κ1) is 21.4. The van der Waals surface area contributed by atoms with Gasteiger partial charge in [-0.3, -0.25) is 10.1 Å².